The maximum atomic E-state index is 12.8. The van der Waals surface area contributed by atoms with Crippen molar-refractivity contribution in [2.24, 2.45) is 0 Å². The van der Waals surface area contributed by atoms with Gasteiger partial charge in [-0.1, -0.05) is 25.7 Å². The van der Waals surface area contributed by atoms with Crippen molar-refractivity contribution in [2.75, 3.05) is 19.0 Å². The van der Waals surface area contributed by atoms with E-state index in [-0.39, 0.29) is 5.91 Å². The fourth-order valence-electron chi connectivity index (χ4n) is 3.21. The minimum Gasteiger partial charge on any atom is -0.496 e. The summed E-state index contributed by atoms with van der Waals surface area (Å²) in [5.74, 6) is 0.813. The van der Waals surface area contributed by atoms with Gasteiger partial charge in [0.05, 0.1) is 7.11 Å². The number of hydrogen-bond donors (Lipinski definition) is 1. The second-order valence-electron chi connectivity index (χ2n) is 5.98. The highest BCUT2D eigenvalue weighted by Gasteiger charge is 2.39. The van der Waals surface area contributed by atoms with Gasteiger partial charge in [-0.15, -0.1) is 0 Å². The molecule has 1 saturated carbocycles. The summed E-state index contributed by atoms with van der Waals surface area (Å²) in [5, 5.41) is 3.04. The monoisotopic (exact) mass is 305 g/mol. The number of aryl methyl sites for hydroxylation is 1. The second kappa shape index (κ2) is 7.63. The zero-order valence-corrected chi connectivity index (χ0v) is 13.9. The number of nitrogens with one attached hydrogen (secondary N) is 1. The van der Waals surface area contributed by atoms with E-state index in [4.69, 9.17) is 9.47 Å². The van der Waals surface area contributed by atoms with E-state index in [1.165, 1.54) is 12.8 Å². The first kappa shape index (κ1) is 16.8. The summed E-state index contributed by atoms with van der Waals surface area (Å²) < 4.78 is 11.2. The molecule has 2 rings (SSSR count). The van der Waals surface area contributed by atoms with Crippen LogP contribution < -0.4 is 10.1 Å². The smallest absolute Gasteiger partial charge is 0.256 e. The van der Waals surface area contributed by atoms with Crippen LogP contribution in [-0.2, 0) is 9.53 Å². The molecule has 0 atom stereocenters. The largest absolute Gasteiger partial charge is 0.496 e. The Morgan fingerprint density at radius 3 is 2.45 bits per heavy atom. The third-order valence-electron chi connectivity index (χ3n) is 4.40. The molecule has 0 radical (unpaired) electrons. The number of rotatable bonds is 5. The predicted octanol–water partition coefficient (Wildman–Crippen LogP) is 4.07. The maximum absolute atomic E-state index is 12.8. The lowest BCUT2D eigenvalue weighted by Crippen LogP contribution is -2.45. The molecule has 1 aliphatic carbocycles. The van der Waals surface area contributed by atoms with E-state index in [2.05, 4.69) is 5.32 Å². The first-order chi connectivity index (χ1) is 10.6. The number of hydrogen-bond acceptors (Lipinski definition) is 3. The summed E-state index contributed by atoms with van der Waals surface area (Å²) in [5.41, 5.74) is 1.14. The molecule has 1 aliphatic rings. The molecule has 1 aromatic rings. The van der Waals surface area contributed by atoms with Crippen LogP contribution in [0.2, 0.25) is 0 Å². The molecule has 1 fully saturated rings. The summed E-state index contributed by atoms with van der Waals surface area (Å²) in [4.78, 5) is 12.8. The van der Waals surface area contributed by atoms with Crippen molar-refractivity contribution in [3.8, 4) is 5.75 Å². The molecule has 0 spiro atoms. The van der Waals surface area contributed by atoms with Gasteiger partial charge in [0.2, 0.25) is 0 Å². The van der Waals surface area contributed by atoms with Gasteiger partial charge in [0.25, 0.3) is 5.91 Å². The number of benzene rings is 1. The molecule has 1 amide bonds. The maximum Gasteiger partial charge on any atom is 0.256 e. The molecule has 0 unspecified atom stereocenters. The highest BCUT2D eigenvalue weighted by molar-refractivity contribution is 5.97. The molecule has 0 bridgehead atoms. The average Bonchev–Trinajstić information content (AvgIpc) is 2.74. The summed E-state index contributed by atoms with van der Waals surface area (Å²) in [6, 6.07) is 5.69. The van der Waals surface area contributed by atoms with Crippen LogP contribution in [0.5, 0.6) is 5.75 Å². The number of amides is 1. The summed E-state index contributed by atoms with van der Waals surface area (Å²) in [7, 11) is 1.65. The number of ether oxygens (including phenoxy) is 2. The van der Waals surface area contributed by atoms with Gasteiger partial charge in [0.1, 0.15) is 11.4 Å². The van der Waals surface area contributed by atoms with Crippen molar-refractivity contribution in [3.63, 3.8) is 0 Å². The van der Waals surface area contributed by atoms with Crippen molar-refractivity contribution >= 4 is 11.6 Å². The van der Waals surface area contributed by atoms with Crippen LogP contribution in [-0.4, -0.2) is 25.2 Å². The predicted molar refractivity (Wildman–Crippen MR) is 88.4 cm³/mol. The first-order valence-electron chi connectivity index (χ1n) is 8.21. The van der Waals surface area contributed by atoms with Gasteiger partial charge in [0.15, 0.2) is 0 Å². The van der Waals surface area contributed by atoms with Gasteiger partial charge in [0, 0.05) is 12.3 Å². The Balaban J connectivity index is 2.15. The van der Waals surface area contributed by atoms with E-state index in [1.54, 1.807) is 7.11 Å². The highest BCUT2D eigenvalue weighted by atomic mass is 16.5. The Kier molecular flexibility index (Phi) is 5.83. The zero-order valence-electron chi connectivity index (χ0n) is 13.9. The highest BCUT2D eigenvalue weighted by Crippen LogP contribution is 2.32. The topological polar surface area (TPSA) is 47.6 Å². The molecule has 0 heterocycles. The molecule has 22 heavy (non-hydrogen) atoms. The van der Waals surface area contributed by atoms with Crippen molar-refractivity contribution in [3.05, 3.63) is 23.8 Å². The fourth-order valence-corrected chi connectivity index (χ4v) is 3.21. The van der Waals surface area contributed by atoms with Crippen molar-refractivity contribution < 1.29 is 14.3 Å². The summed E-state index contributed by atoms with van der Waals surface area (Å²) in [6.07, 6.45) is 6.08. The molecule has 0 saturated heterocycles. The molecule has 122 valence electrons. The number of methoxy groups -OCH3 is 1. The lowest BCUT2D eigenvalue weighted by atomic mass is 9.92. The minimum absolute atomic E-state index is 0.0131. The molecule has 0 aromatic heterocycles. The Labute approximate surface area is 133 Å². The molecular formula is C18H27NO3. The summed E-state index contributed by atoms with van der Waals surface area (Å²) in [6.45, 7) is 4.49. The SMILES string of the molecule is CCOC1(C(=O)Nc2ccc(OC)c(C)c2)CCCCCC1. The van der Waals surface area contributed by atoms with Gasteiger partial charge < -0.3 is 14.8 Å². The average molecular weight is 305 g/mol. The van der Waals surface area contributed by atoms with E-state index < -0.39 is 5.60 Å². The Morgan fingerprint density at radius 1 is 1.23 bits per heavy atom. The zero-order chi connectivity index (χ0) is 16.0. The Hall–Kier alpha value is -1.55. The number of anilines is 1. The van der Waals surface area contributed by atoms with Crippen molar-refractivity contribution in [1.29, 1.82) is 0 Å². The van der Waals surface area contributed by atoms with Gasteiger partial charge in [-0.25, -0.2) is 0 Å². The normalized spacial score (nSPS) is 17.6. The van der Waals surface area contributed by atoms with Crippen LogP contribution in [0.25, 0.3) is 0 Å². The molecule has 0 aliphatic heterocycles. The van der Waals surface area contributed by atoms with Gasteiger partial charge in [-0.2, -0.15) is 0 Å². The van der Waals surface area contributed by atoms with Crippen LogP contribution in [0.1, 0.15) is 51.0 Å². The summed E-state index contributed by atoms with van der Waals surface area (Å²) >= 11 is 0. The van der Waals surface area contributed by atoms with E-state index in [0.29, 0.717) is 6.61 Å². The lowest BCUT2D eigenvalue weighted by Gasteiger charge is -2.31. The van der Waals surface area contributed by atoms with Crippen LogP contribution >= 0.6 is 0 Å². The number of carbonyl (C=O) groups is 1. The van der Waals surface area contributed by atoms with Gasteiger partial charge in [-0.05, 0) is 50.5 Å². The van der Waals surface area contributed by atoms with Crippen molar-refractivity contribution in [1.82, 2.24) is 0 Å². The minimum atomic E-state index is -0.668. The first-order valence-corrected chi connectivity index (χ1v) is 8.21. The molecule has 1 aromatic carbocycles. The molecular weight excluding hydrogens is 278 g/mol. The van der Waals surface area contributed by atoms with Gasteiger partial charge in [-0.3, -0.25) is 4.79 Å². The van der Waals surface area contributed by atoms with E-state index in [1.807, 2.05) is 32.0 Å². The van der Waals surface area contributed by atoms with Crippen LogP contribution in [0, 0.1) is 6.92 Å². The Morgan fingerprint density at radius 2 is 1.91 bits per heavy atom. The fraction of sp³-hybridized carbons (Fsp3) is 0.611. The Bertz CT molecular complexity index is 505. The van der Waals surface area contributed by atoms with Crippen molar-refractivity contribution in [2.45, 2.75) is 58.0 Å². The quantitative estimate of drug-likeness (QED) is 0.834. The van der Waals surface area contributed by atoms with Gasteiger partial charge >= 0.3 is 0 Å². The van der Waals surface area contributed by atoms with E-state index in [9.17, 15) is 4.79 Å². The molecule has 1 N–H and O–H groups in total. The second-order valence-corrected chi connectivity index (χ2v) is 5.98. The molecule has 4 heteroatoms. The molecule has 4 nitrogen and oxygen atoms in total. The third-order valence-corrected chi connectivity index (χ3v) is 4.40. The number of carbonyl (C=O) groups excluding carboxylic acids is 1. The van der Waals surface area contributed by atoms with E-state index in [0.717, 1.165) is 42.7 Å². The van der Waals surface area contributed by atoms with Crippen LogP contribution in [0.4, 0.5) is 5.69 Å². The standard InChI is InChI=1S/C18H27NO3/c1-4-22-18(11-7-5-6-8-12-18)17(20)19-15-9-10-16(21-3)14(2)13-15/h9-10,13H,4-8,11-12H2,1-3H3,(H,19,20). The van der Waals surface area contributed by atoms with Crippen LogP contribution in [0.15, 0.2) is 18.2 Å². The van der Waals surface area contributed by atoms with E-state index >= 15 is 0 Å². The third kappa shape index (κ3) is 3.80. The lowest BCUT2D eigenvalue weighted by molar-refractivity contribution is -0.143. The van der Waals surface area contributed by atoms with Crippen LogP contribution in [0.3, 0.4) is 0 Å².